The Morgan fingerprint density at radius 1 is 1.03 bits per heavy atom. The molecule has 0 aliphatic heterocycles. The van der Waals surface area contributed by atoms with Gasteiger partial charge in [0.25, 0.3) is 0 Å². The molecule has 3 aromatic rings. The van der Waals surface area contributed by atoms with Crippen LogP contribution in [0.4, 0.5) is 13.2 Å². The maximum atomic E-state index is 13.5. The number of ether oxygens (including phenoxy) is 1. The fourth-order valence-electron chi connectivity index (χ4n) is 5.13. The van der Waals surface area contributed by atoms with Crippen LogP contribution >= 0.6 is 11.8 Å². The van der Waals surface area contributed by atoms with Crippen LogP contribution in [0.3, 0.4) is 0 Å². The van der Waals surface area contributed by atoms with E-state index < -0.39 is 16.9 Å². The van der Waals surface area contributed by atoms with Crippen molar-refractivity contribution >= 4 is 34.3 Å². The van der Waals surface area contributed by atoms with Gasteiger partial charge in [-0.15, -0.1) is 0 Å². The summed E-state index contributed by atoms with van der Waals surface area (Å²) in [6.07, 6.45) is 2.66. The van der Waals surface area contributed by atoms with Gasteiger partial charge in [-0.2, -0.15) is 13.2 Å². The highest BCUT2D eigenvalue weighted by Crippen LogP contribution is 2.61. The first-order chi connectivity index (χ1) is 16.7. The van der Waals surface area contributed by atoms with Gasteiger partial charge in [-0.05, 0) is 66.1 Å². The minimum Gasteiger partial charge on any atom is -0.487 e. The molecule has 8 heteroatoms. The largest absolute Gasteiger partial charge is 0.487 e. The molecule has 3 aromatic carbocycles. The number of fused-ring (bicyclic) bond motifs is 1. The number of carboxylic acids is 1. The van der Waals surface area contributed by atoms with Gasteiger partial charge in [0, 0.05) is 16.2 Å². The first-order valence-electron chi connectivity index (χ1n) is 11.4. The third kappa shape index (κ3) is 4.63. The minimum absolute atomic E-state index is 0.0818. The maximum absolute atomic E-state index is 13.5. The van der Waals surface area contributed by atoms with Gasteiger partial charge in [-0.1, -0.05) is 48.9 Å². The summed E-state index contributed by atoms with van der Waals surface area (Å²) < 4.78 is 43.9. The van der Waals surface area contributed by atoms with Crippen molar-refractivity contribution in [3.05, 3.63) is 71.8 Å². The van der Waals surface area contributed by atoms with Gasteiger partial charge in [0.15, 0.2) is 5.78 Å². The molecule has 2 atom stereocenters. The van der Waals surface area contributed by atoms with E-state index in [2.05, 4.69) is 0 Å². The summed E-state index contributed by atoms with van der Waals surface area (Å²) in [5, 5.41) is 11.4. The predicted molar refractivity (Wildman–Crippen MR) is 126 cm³/mol. The summed E-state index contributed by atoms with van der Waals surface area (Å²) in [5.74, 6) is -0.996. The van der Waals surface area contributed by atoms with Crippen LogP contribution in [0.15, 0.2) is 65.6 Å². The van der Waals surface area contributed by atoms with Crippen molar-refractivity contribution in [1.82, 2.24) is 0 Å². The second kappa shape index (κ2) is 8.90. The topological polar surface area (TPSA) is 63.6 Å². The highest BCUT2D eigenvalue weighted by atomic mass is 32.2. The molecule has 2 aliphatic carbocycles. The van der Waals surface area contributed by atoms with E-state index in [0.29, 0.717) is 36.1 Å². The predicted octanol–water partition coefficient (Wildman–Crippen LogP) is 7.10. The number of carboxylic acid groups (broad SMARTS) is 1. The van der Waals surface area contributed by atoms with E-state index in [4.69, 9.17) is 4.74 Å². The number of Topliss-reactive ketones (excluding diaryl/α,β-unsaturated/α-hetero) is 1. The van der Waals surface area contributed by atoms with Crippen LogP contribution in [0.2, 0.25) is 0 Å². The number of benzene rings is 3. The number of rotatable bonds is 8. The van der Waals surface area contributed by atoms with Gasteiger partial charge in [0.2, 0.25) is 0 Å². The van der Waals surface area contributed by atoms with Crippen LogP contribution in [0.5, 0.6) is 5.75 Å². The number of ketones is 1. The monoisotopic (exact) mass is 500 g/mol. The van der Waals surface area contributed by atoms with Crippen LogP contribution in [0.1, 0.15) is 41.6 Å². The Morgan fingerprint density at radius 2 is 1.74 bits per heavy atom. The van der Waals surface area contributed by atoms with Gasteiger partial charge in [-0.25, -0.2) is 0 Å². The number of carbonyl (C=O) groups is 2. The fourth-order valence-corrected chi connectivity index (χ4v) is 5.67. The Hall–Kier alpha value is -3.00. The average Bonchev–Trinajstić information content (AvgIpc) is 3.56. The Kier molecular flexibility index (Phi) is 6.03. The van der Waals surface area contributed by atoms with E-state index in [1.54, 1.807) is 18.2 Å². The fraction of sp³-hybridized carbons (Fsp3) is 0.333. The van der Waals surface area contributed by atoms with Gasteiger partial charge in [-0.3, -0.25) is 9.59 Å². The quantitative estimate of drug-likeness (QED) is 0.264. The van der Waals surface area contributed by atoms with Gasteiger partial charge in [0.1, 0.15) is 12.4 Å². The molecule has 0 radical (unpaired) electrons. The molecule has 2 saturated carbocycles. The molecule has 0 spiro atoms. The van der Waals surface area contributed by atoms with E-state index in [1.807, 2.05) is 30.3 Å². The van der Waals surface area contributed by atoms with Crippen molar-refractivity contribution in [3.8, 4) is 5.75 Å². The molecule has 4 nitrogen and oxygen atoms in total. The Bertz CT molecular complexity index is 1280. The normalized spacial score (nSPS) is 20.8. The lowest BCUT2D eigenvalue weighted by Gasteiger charge is -2.38. The molecule has 2 unspecified atom stereocenters. The molecule has 0 amide bonds. The van der Waals surface area contributed by atoms with Crippen molar-refractivity contribution < 1.29 is 32.6 Å². The van der Waals surface area contributed by atoms with Crippen molar-refractivity contribution in [2.24, 2.45) is 17.3 Å². The Balaban J connectivity index is 1.39. The number of alkyl halides is 3. The van der Waals surface area contributed by atoms with Crippen molar-refractivity contribution in [1.29, 1.82) is 0 Å². The van der Waals surface area contributed by atoms with Crippen LogP contribution in [0, 0.1) is 17.3 Å². The van der Waals surface area contributed by atoms with Crippen LogP contribution in [-0.4, -0.2) is 22.4 Å². The van der Waals surface area contributed by atoms with E-state index in [-0.39, 0.29) is 40.9 Å². The smallest absolute Gasteiger partial charge is 0.446 e. The number of hydrogen-bond acceptors (Lipinski definition) is 4. The zero-order chi connectivity index (χ0) is 24.8. The lowest BCUT2D eigenvalue weighted by Crippen LogP contribution is -2.41. The number of aliphatic carboxylic acids is 1. The molecule has 182 valence electrons. The Labute approximate surface area is 204 Å². The molecule has 0 saturated heterocycles. The van der Waals surface area contributed by atoms with Gasteiger partial charge >= 0.3 is 11.5 Å². The standard InChI is InChI=1S/C27H23F3O4S/c28-27(29,30)35-18-9-6-16(7-10-18)15-34-24-19-5-2-1-4-17(19)8-11-20(24)23(31)21-14-22(21)26(25(32)33)12-3-13-26/h1-2,4-11,21-22H,3,12-15H2,(H,32,33). The number of carbonyl (C=O) groups excluding carboxylic acids is 1. The molecular weight excluding hydrogens is 477 g/mol. The van der Waals surface area contributed by atoms with E-state index in [1.165, 1.54) is 12.1 Å². The lowest BCUT2D eigenvalue weighted by molar-refractivity contribution is -0.156. The summed E-state index contributed by atoms with van der Waals surface area (Å²) >= 11 is -0.174. The zero-order valence-corrected chi connectivity index (χ0v) is 19.5. The first-order valence-corrected chi connectivity index (χ1v) is 12.3. The first kappa shape index (κ1) is 23.7. The molecule has 1 N–H and O–H groups in total. The molecule has 2 aliphatic rings. The molecular formula is C27H23F3O4S. The summed E-state index contributed by atoms with van der Waals surface area (Å²) in [7, 11) is 0. The second-order valence-electron chi connectivity index (χ2n) is 9.27. The summed E-state index contributed by atoms with van der Waals surface area (Å²) in [5.41, 5.74) is -4.05. The highest BCUT2D eigenvalue weighted by Gasteiger charge is 2.62. The van der Waals surface area contributed by atoms with E-state index in [0.717, 1.165) is 17.2 Å². The highest BCUT2D eigenvalue weighted by molar-refractivity contribution is 8.00. The SMILES string of the molecule is O=C(c1ccc2ccccc2c1OCc1ccc(SC(F)(F)F)cc1)C1CC1C1(C(=O)O)CCC1. The molecule has 35 heavy (non-hydrogen) atoms. The Morgan fingerprint density at radius 3 is 2.37 bits per heavy atom. The minimum atomic E-state index is -4.35. The summed E-state index contributed by atoms with van der Waals surface area (Å²) in [6.45, 7) is 0.0818. The van der Waals surface area contributed by atoms with E-state index >= 15 is 0 Å². The van der Waals surface area contributed by atoms with Crippen LogP contribution < -0.4 is 4.74 Å². The molecule has 5 rings (SSSR count). The van der Waals surface area contributed by atoms with Gasteiger partial charge in [0.05, 0.1) is 11.0 Å². The maximum Gasteiger partial charge on any atom is 0.446 e. The third-order valence-electron chi connectivity index (χ3n) is 7.19. The van der Waals surface area contributed by atoms with Gasteiger partial charge < -0.3 is 9.84 Å². The number of thioether (sulfide) groups is 1. The lowest BCUT2D eigenvalue weighted by atomic mass is 9.64. The van der Waals surface area contributed by atoms with Crippen molar-refractivity contribution in [3.63, 3.8) is 0 Å². The van der Waals surface area contributed by atoms with Crippen LogP contribution in [-0.2, 0) is 11.4 Å². The number of halogens is 3. The zero-order valence-electron chi connectivity index (χ0n) is 18.7. The van der Waals surface area contributed by atoms with Crippen molar-refractivity contribution in [2.75, 3.05) is 0 Å². The molecule has 0 bridgehead atoms. The third-order valence-corrected chi connectivity index (χ3v) is 7.93. The molecule has 0 aromatic heterocycles. The summed E-state index contributed by atoms with van der Waals surface area (Å²) in [4.78, 5) is 25.5. The van der Waals surface area contributed by atoms with Crippen LogP contribution in [0.25, 0.3) is 10.8 Å². The second-order valence-corrected chi connectivity index (χ2v) is 10.4. The number of hydrogen-bond donors (Lipinski definition) is 1. The van der Waals surface area contributed by atoms with Crippen molar-refractivity contribution in [2.45, 2.75) is 42.7 Å². The van der Waals surface area contributed by atoms with E-state index in [9.17, 15) is 27.9 Å². The molecule has 0 heterocycles. The average molecular weight is 501 g/mol. The molecule has 2 fully saturated rings. The summed E-state index contributed by atoms with van der Waals surface area (Å²) in [6, 6.07) is 17.0.